The number of ketones is 1. The van der Waals surface area contributed by atoms with Gasteiger partial charge in [-0.3, -0.25) is 19.7 Å². The minimum Gasteiger partial charge on any atom is -0.481 e. The van der Waals surface area contributed by atoms with Crippen molar-refractivity contribution in [3.8, 4) is 11.1 Å². The molecule has 128 valence electrons. The molecular formula is C19H17NO5. The van der Waals surface area contributed by atoms with E-state index in [9.17, 15) is 24.8 Å². The van der Waals surface area contributed by atoms with Gasteiger partial charge in [0.15, 0.2) is 5.78 Å². The Bertz CT molecular complexity index is 811. The molecule has 2 aromatic rings. The fourth-order valence-corrected chi connectivity index (χ4v) is 3.39. The zero-order valence-corrected chi connectivity index (χ0v) is 13.4. The fourth-order valence-electron chi connectivity index (χ4n) is 3.39. The zero-order valence-electron chi connectivity index (χ0n) is 13.4. The van der Waals surface area contributed by atoms with Crippen molar-refractivity contribution in [2.75, 3.05) is 0 Å². The van der Waals surface area contributed by atoms with E-state index in [0.717, 1.165) is 17.5 Å². The average molecular weight is 339 g/mol. The van der Waals surface area contributed by atoms with Crippen molar-refractivity contribution in [1.29, 1.82) is 0 Å². The number of Topliss-reactive ketones (excluding diaryl/α,β-unsaturated/α-hetero) is 1. The van der Waals surface area contributed by atoms with Crippen LogP contribution in [0.5, 0.6) is 0 Å². The molecule has 0 spiro atoms. The summed E-state index contributed by atoms with van der Waals surface area (Å²) in [4.78, 5) is 34.1. The van der Waals surface area contributed by atoms with Crippen LogP contribution in [0.3, 0.4) is 0 Å². The molecule has 0 bridgehead atoms. The highest BCUT2D eigenvalue weighted by Crippen LogP contribution is 2.34. The van der Waals surface area contributed by atoms with Crippen LogP contribution in [0.2, 0.25) is 0 Å². The first-order valence-electron chi connectivity index (χ1n) is 8.09. The third kappa shape index (κ3) is 3.42. The molecule has 2 atom stereocenters. The van der Waals surface area contributed by atoms with Crippen LogP contribution in [0, 0.1) is 22.0 Å². The van der Waals surface area contributed by atoms with E-state index in [4.69, 9.17) is 0 Å². The van der Waals surface area contributed by atoms with E-state index >= 15 is 0 Å². The maximum Gasteiger partial charge on any atom is 0.307 e. The second kappa shape index (κ2) is 6.84. The normalized spacial score (nSPS) is 19.5. The molecule has 3 rings (SSSR count). The van der Waals surface area contributed by atoms with Crippen LogP contribution >= 0.6 is 0 Å². The van der Waals surface area contributed by atoms with Gasteiger partial charge in [0.25, 0.3) is 5.69 Å². The maximum absolute atomic E-state index is 12.6. The molecule has 0 saturated heterocycles. The topological polar surface area (TPSA) is 97.5 Å². The molecule has 0 aliphatic heterocycles. The van der Waals surface area contributed by atoms with Crippen LogP contribution in [0.15, 0.2) is 48.5 Å². The van der Waals surface area contributed by atoms with Gasteiger partial charge in [-0.2, -0.15) is 0 Å². The Kier molecular flexibility index (Phi) is 4.61. The predicted octanol–water partition coefficient (Wildman–Crippen LogP) is 3.95. The maximum atomic E-state index is 12.6. The number of benzene rings is 2. The quantitative estimate of drug-likeness (QED) is 0.505. The Morgan fingerprint density at radius 2 is 1.44 bits per heavy atom. The third-order valence-corrected chi connectivity index (χ3v) is 4.75. The largest absolute Gasteiger partial charge is 0.481 e. The Hall–Kier alpha value is -3.02. The molecule has 2 aromatic carbocycles. The lowest BCUT2D eigenvalue weighted by Gasteiger charge is -2.14. The van der Waals surface area contributed by atoms with Crippen LogP contribution < -0.4 is 0 Å². The zero-order chi connectivity index (χ0) is 18.0. The van der Waals surface area contributed by atoms with Gasteiger partial charge in [0, 0.05) is 23.6 Å². The van der Waals surface area contributed by atoms with Crippen LogP contribution in [0.25, 0.3) is 11.1 Å². The Morgan fingerprint density at radius 3 is 1.96 bits per heavy atom. The van der Waals surface area contributed by atoms with Crippen LogP contribution in [-0.2, 0) is 4.79 Å². The first-order valence-corrected chi connectivity index (χ1v) is 8.09. The fraction of sp³-hybridized carbons (Fsp3) is 0.263. The molecule has 6 nitrogen and oxygen atoms in total. The molecule has 0 unspecified atom stereocenters. The molecule has 25 heavy (non-hydrogen) atoms. The van der Waals surface area contributed by atoms with Gasteiger partial charge in [0.2, 0.25) is 0 Å². The van der Waals surface area contributed by atoms with Gasteiger partial charge in [0.05, 0.1) is 10.8 Å². The molecule has 1 aliphatic rings. The second-order valence-corrected chi connectivity index (χ2v) is 6.23. The monoisotopic (exact) mass is 339 g/mol. The van der Waals surface area contributed by atoms with Crippen LogP contribution in [-0.4, -0.2) is 21.8 Å². The Balaban J connectivity index is 1.79. The van der Waals surface area contributed by atoms with Gasteiger partial charge in [0.1, 0.15) is 0 Å². The number of nitro benzene ring substituents is 1. The van der Waals surface area contributed by atoms with Gasteiger partial charge in [-0.25, -0.2) is 0 Å². The summed E-state index contributed by atoms with van der Waals surface area (Å²) in [6.07, 6.45) is 1.92. The standard InChI is InChI=1S/C19H17NO5/c21-18(16-2-1-3-17(16)19(22)23)14-6-4-12(5-7-14)13-8-10-15(11-9-13)20(24)25/h4-11,16-17H,1-3H2,(H,22,23)/t16-,17-/m1/s1. The molecule has 0 aromatic heterocycles. The number of hydrogen-bond acceptors (Lipinski definition) is 4. The minimum atomic E-state index is -0.904. The van der Waals surface area contributed by atoms with E-state index in [1.54, 1.807) is 36.4 Å². The summed E-state index contributed by atoms with van der Waals surface area (Å²) < 4.78 is 0. The van der Waals surface area contributed by atoms with Crippen molar-refractivity contribution in [2.24, 2.45) is 11.8 Å². The summed E-state index contributed by atoms with van der Waals surface area (Å²) in [5, 5.41) is 19.9. The van der Waals surface area contributed by atoms with Crippen molar-refractivity contribution in [2.45, 2.75) is 19.3 Å². The van der Waals surface area contributed by atoms with Gasteiger partial charge in [-0.1, -0.05) is 30.7 Å². The minimum absolute atomic E-state index is 0.0245. The summed E-state index contributed by atoms with van der Waals surface area (Å²) in [6.45, 7) is 0. The average Bonchev–Trinajstić information content (AvgIpc) is 3.11. The third-order valence-electron chi connectivity index (χ3n) is 4.75. The number of carboxylic acid groups (broad SMARTS) is 1. The van der Waals surface area contributed by atoms with Gasteiger partial charge in [-0.15, -0.1) is 0 Å². The summed E-state index contributed by atoms with van der Waals surface area (Å²) >= 11 is 0. The molecule has 0 heterocycles. The van der Waals surface area contributed by atoms with Gasteiger partial charge < -0.3 is 5.11 Å². The lowest BCUT2D eigenvalue weighted by molar-refractivity contribution is -0.384. The summed E-state index contributed by atoms with van der Waals surface area (Å²) in [6, 6.07) is 13.1. The lowest BCUT2D eigenvalue weighted by Crippen LogP contribution is -2.25. The van der Waals surface area contributed by atoms with Gasteiger partial charge in [-0.05, 0) is 36.1 Å². The number of rotatable bonds is 5. The van der Waals surface area contributed by atoms with E-state index < -0.39 is 22.7 Å². The smallest absolute Gasteiger partial charge is 0.307 e. The Morgan fingerprint density at radius 1 is 0.920 bits per heavy atom. The molecular weight excluding hydrogens is 322 g/mol. The number of carbonyl (C=O) groups excluding carboxylic acids is 1. The molecule has 0 amide bonds. The van der Waals surface area contributed by atoms with Gasteiger partial charge >= 0.3 is 5.97 Å². The molecule has 1 saturated carbocycles. The summed E-state index contributed by atoms with van der Waals surface area (Å²) in [7, 11) is 0. The number of carboxylic acids is 1. The van der Waals surface area contributed by atoms with E-state index in [1.165, 1.54) is 12.1 Å². The Labute approximate surface area is 144 Å². The molecule has 1 aliphatic carbocycles. The number of hydrogen-bond donors (Lipinski definition) is 1. The molecule has 1 N–H and O–H groups in total. The van der Waals surface area contributed by atoms with E-state index in [1.807, 2.05) is 0 Å². The number of nitrogens with zero attached hydrogens (tertiary/aromatic N) is 1. The summed E-state index contributed by atoms with van der Waals surface area (Å²) in [5.41, 5.74) is 2.18. The van der Waals surface area contributed by atoms with E-state index in [0.29, 0.717) is 18.4 Å². The first-order chi connectivity index (χ1) is 12.0. The van der Waals surface area contributed by atoms with Crippen LogP contribution in [0.1, 0.15) is 29.6 Å². The highest BCUT2D eigenvalue weighted by atomic mass is 16.6. The lowest BCUT2D eigenvalue weighted by atomic mass is 9.88. The number of non-ortho nitro benzene ring substituents is 1. The predicted molar refractivity (Wildman–Crippen MR) is 91.3 cm³/mol. The number of carbonyl (C=O) groups is 2. The highest BCUT2D eigenvalue weighted by molar-refractivity contribution is 6.00. The SMILES string of the molecule is O=C(O)[C@@H]1CCC[C@H]1C(=O)c1ccc(-c2ccc([N+](=O)[O-])cc2)cc1. The van der Waals surface area contributed by atoms with Crippen LogP contribution in [0.4, 0.5) is 5.69 Å². The highest BCUT2D eigenvalue weighted by Gasteiger charge is 2.37. The van der Waals surface area contributed by atoms with E-state index in [2.05, 4.69) is 0 Å². The summed E-state index contributed by atoms with van der Waals surface area (Å²) in [5.74, 6) is -2.08. The van der Waals surface area contributed by atoms with Crippen molar-refractivity contribution in [1.82, 2.24) is 0 Å². The second-order valence-electron chi connectivity index (χ2n) is 6.23. The molecule has 6 heteroatoms. The van der Waals surface area contributed by atoms with Crippen molar-refractivity contribution < 1.29 is 19.6 Å². The molecule has 1 fully saturated rings. The van der Waals surface area contributed by atoms with E-state index in [-0.39, 0.29) is 11.5 Å². The van der Waals surface area contributed by atoms with Crippen molar-refractivity contribution in [3.63, 3.8) is 0 Å². The van der Waals surface area contributed by atoms with Crippen molar-refractivity contribution >= 4 is 17.4 Å². The molecule has 0 radical (unpaired) electrons. The number of nitro groups is 1. The van der Waals surface area contributed by atoms with Crippen molar-refractivity contribution in [3.05, 3.63) is 64.2 Å². The first kappa shape index (κ1) is 16.8. The number of aliphatic carboxylic acids is 1.